The van der Waals surface area contributed by atoms with Crippen molar-refractivity contribution < 1.29 is 19.0 Å². The van der Waals surface area contributed by atoms with Crippen molar-refractivity contribution in [1.29, 1.82) is 0 Å². The highest BCUT2D eigenvalue weighted by atomic mass is 16.5. The van der Waals surface area contributed by atoms with Gasteiger partial charge in [0.2, 0.25) is 0 Å². The van der Waals surface area contributed by atoms with Gasteiger partial charge < -0.3 is 19.5 Å². The molecule has 31 heavy (non-hydrogen) atoms. The maximum absolute atomic E-state index is 12.7. The molecule has 5 heteroatoms. The molecule has 0 radical (unpaired) electrons. The number of benzene rings is 3. The van der Waals surface area contributed by atoms with Crippen molar-refractivity contribution in [2.45, 2.75) is 40.1 Å². The number of nitrogens with one attached hydrogen (secondary N) is 1. The molecule has 1 N–H and O–H groups in total. The molecule has 162 valence electrons. The molecule has 0 fully saturated rings. The van der Waals surface area contributed by atoms with E-state index in [-0.39, 0.29) is 12.0 Å². The van der Waals surface area contributed by atoms with Gasteiger partial charge in [-0.25, -0.2) is 0 Å². The van der Waals surface area contributed by atoms with Gasteiger partial charge in [0.15, 0.2) is 0 Å². The van der Waals surface area contributed by atoms with Crippen LogP contribution in [0.15, 0.2) is 72.8 Å². The molecule has 0 atom stereocenters. The van der Waals surface area contributed by atoms with Crippen LogP contribution in [0, 0.1) is 0 Å². The summed E-state index contributed by atoms with van der Waals surface area (Å²) in [7, 11) is 0. The van der Waals surface area contributed by atoms with E-state index < -0.39 is 0 Å². The van der Waals surface area contributed by atoms with Crippen molar-refractivity contribution in [3.8, 4) is 11.5 Å². The maximum atomic E-state index is 12.7. The Kier molecular flexibility index (Phi) is 8.07. The van der Waals surface area contributed by atoms with E-state index in [0.717, 1.165) is 22.6 Å². The second-order valence-electron chi connectivity index (χ2n) is 7.37. The van der Waals surface area contributed by atoms with Crippen LogP contribution in [0.4, 0.5) is 5.69 Å². The van der Waals surface area contributed by atoms with Gasteiger partial charge in [-0.05, 0) is 68.8 Å². The summed E-state index contributed by atoms with van der Waals surface area (Å²) in [5.41, 5.74) is 3.21. The molecule has 3 aromatic carbocycles. The maximum Gasteiger partial charge on any atom is 0.255 e. The van der Waals surface area contributed by atoms with Gasteiger partial charge in [0.25, 0.3) is 5.91 Å². The van der Waals surface area contributed by atoms with Gasteiger partial charge >= 0.3 is 0 Å². The van der Waals surface area contributed by atoms with Crippen molar-refractivity contribution >= 4 is 11.6 Å². The normalized spacial score (nSPS) is 10.7. The summed E-state index contributed by atoms with van der Waals surface area (Å²) in [5, 5.41) is 2.93. The highest BCUT2D eigenvalue weighted by Gasteiger charge is 2.12. The topological polar surface area (TPSA) is 56.8 Å². The highest BCUT2D eigenvalue weighted by molar-refractivity contribution is 6.04. The first-order valence-corrected chi connectivity index (χ1v) is 10.5. The number of amides is 1. The minimum atomic E-state index is -0.188. The number of carbonyl (C=O) groups excluding carboxylic acids is 1. The van der Waals surface area contributed by atoms with Crippen molar-refractivity contribution in [3.05, 3.63) is 89.5 Å². The molecular weight excluding hydrogens is 390 g/mol. The van der Waals surface area contributed by atoms with E-state index in [0.29, 0.717) is 31.1 Å². The third-order valence-electron chi connectivity index (χ3n) is 4.56. The molecule has 0 saturated carbocycles. The zero-order chi connectivity index (χ0) is 22.1. The second kappa shape index (κ2) is 11.2. The van der Waals surface area contributed by atoms with E-state index >= 15 is 0 Å². The van der Waals surface area contributed by atoms with Crippen LogP contribution in [0.3, 0.4) is 0 Å². The molecule has 5 nitrogen and oxygen atoms in total. The lowest BCUT2D eigenvalue weighted by molar-refractivity contribution is 0.0641. The smallest absolute Gasteiger partial charge is 0.255 e. The van der Waals surface area contributed by atoms with E-state index in [1.807, 2.05) is 87.5 Å². The van der Waals surface area contributed by atoms with Crippen LogP contribution >= 0.6 is 0 Å². The molecule has 0 aromatic heterocycles. The van der Waals surface area contributed by atoms with Crippen LogP contribution in [0.25, 0.3) is 0 Å². The fraction of sp³-hybridized carbons (Fsp3) is 0.269. The minimum Gasteiger partial charge on any atom is -0.494 e. The fourth-order valence-corrected chi connectivity index (χ4v) is 2.96. The van der Waals surface area contributed by atoms with Crippen molar-refractivity contribution in [3.63, 3.8) is 0 Å². The lowest BCUT2D eigenvalue weighted by Gasteiger charge is -2.14. The molecule has 3 rings (SSSR count). The number of hydrogen-bond acceptors (Lipinski definition) is 4. The standard InChI is InChI=1S/C26H29NO4/c1-4-29-25-15-10-21(16-22(25)18-30-19(2)3)26(28)27-23-11-13-24(14-12-23)31-17-20-8-6-5-7-9-20/h5-16,19H,4,17-18H2,1-3H3,(H,27,28). The van der Waals surface area contributed by atoms with Gasteiger partial charge in [-0.1, -0.05) is 30.3 Å². The average Bonchev–Trinajstić information content (AvgIpc) is 2.78. The second-order valence-corrected chi connectivity index (χ2v) is 7.37. The van der Waals surface area contributed by atoms with Gasteiger partial charge in [0, 0.05) is 16.8 Å². The molecule has 3 aromatic rings. The number of anilines is 1. The van der Waals surface area contributed by atoms with E-state index in [9.17, 15) is 4.79 Å². The van der Waals surface area contributed by atoms with Crippen molar-refractivity contribution in [2.75, 3.05) is 11.9 Å². The molecule has 0 aliphatic rings. The Hall–Kier alpha value is -3.31. The largest absolute Gasteiger partial charge is 0.494 e. The third kappa shape index (κ3) is 6.86. The summed E-state index contributed by atoms with van der Waals surface area (Å²) in [6.45, 7) is 7.33. The Morgan fingerprint density at radius 1 is 0.903 bits per heavy atom. The summed E-state index contributed by atoms with van der Waals surface area (Å²) in [5.74, 6) is 1.29. The van der Waals surface area contributed by atoms with Crippen molar-refractivity contribution in [1.82, 2.24) is 0 Å². The van der Waals surface area contributed by atoms with Gasteiger partial charge in [-0.15, -0.1) is 0 Å². The third-order valence-corrected chi connectivity index (χ3v) is 4.56. The summed E-state index contributed by atoms with van der Waals surface area (Å²) in [6, 6.07) is 22.7. The zero-order valence-electron chi connectivity index (χ0n) is 18.3. The van der Waals surface area contributed by atoms with Crippen LogP contribution in [0.2, 0.25) is 0 Å². The predicted molar refractivity (Wildman–Crippen MR) is 123 cm³/mol. The van der Waals surface area contributed by atoms with E-state index in [2.05, 4.69) is 5.32 Å². The minimum absolute atomic E-state index is 0.0922. The Balaban J connectivity index is 1.63. The summed E-state index contributed by atoms with van der Waals surface area (Å²) < 4.78 is 17.2. The van der Waals surface area contributed by atoms with E-state index in [4.69, 9.17) is 14.2 Å². The Labute approximate surface area is 184 Å². The molecule has 1 amide bonds. The number of carbonyl (C=O) groups is 1. The monoisotopic (exact) mass is 419 g/mol. The lowest BCUT2D eigenvalue weighted by Crippen LogP contribution is -2.13. The van der Waals surface area contributed by atoms with Crippen molar-refractivity contribution in [2.24, 2.45) is 0 Å². The predicted octanol–water partition coefficient (Wildman–Crippen LogP) is 5.84. The Morgan fingerprint density at radius 2 is 1.65 bits per heavy atom. The molecule has 0 spiro atoms. The Bertz CT molecular complexity index is 968. The highest BCUT2D eigenvalue weighted by Crippen LogP contribution is 2.23. The number of hydrogen-bond donors (Lipinski definition) is 1. The average molecular weight is 420 g/mol. The zero-order valence-corrected chi connectivity index (χ0v) is 18.3. The first-order chi connectivity index (χ1) is 15.0. The van der Waals surface area contributed by atoms with E-state index in [1.165, 1.54) is 0 Å². The summed E-state index contributed by atoms with van der Waals surface area (Å²) >= 11 is 0. The lowest BCUT2D eigenvalue weighted by atomic mass is 10.1. The SMILES string of the molecule is CCOc1ccc(C(=O)Nc2ccc(OCc3ccccc3)cc2)cc1COC(C)C. The van der Waals surface area contributed by atoms with Gasteiger partial charge in [-0.2, -0.15) is 0 Å². The summed E-state index contributed by atoms with van der Waals surface area (Å²) in [6.07, 6.45) is 0.0922. The van der Waals surface area contributed by atoms with Crippen LogP contribution in [-0.4, -0.2) is 18.6 Å². The van der Waals surface area contributed by atoms with Gasteiger partial charge in [0.1, 0.15) is 18.1 Å². The van der Waals surface area contributed by atoms with Crippen LogP contribution < -0.4 is 14.8 Å². The molecule has 0 heterocycles. The molecular formula is C26H29NO4. The quantitative estimate of drug-likeness (QED) is 0.448. The molecule has 0 saturated heterocycles. The molecule has 0 bridgehead atoms. The van der Waals surface area contributed by atoms with Crippen LogP contribution in [-0.2, 0) is 18.0 Å². The number of rotatable bonds is 10. The number of ether oxygens (including phenoxy) is 3. The molecule has 0 aliphatic heterocycles. The van der Waals surface area contributed by atoms with Crippen LogP contribution in [0.5, 0.6) is 11.5 Å². The summed E-state index contributed by atoms with van der Waals surface area (Å²) in [4.78, 5) is 12.7. The molecule has 0 aliphatic carbocycles. The van der Waals surface area contributed by atoms with Crippen LogP contribution in [0.1, 0.15) is 42.3 Å². The van der Waals surface area contributed by atoms with Gasteiger partial charge in [-0.3, -0.25) is 4.79 Å². The first-order valence-electron chi connectivity index (χ1n) is 10.5. The fourth-order valence-electron chi connectivity index (χ4n) is 2.96. The first kappa shape index (κ1) is 22.4. The van der Waals surface area contributed by atoms with E-state index in [1.54, 1.807) is 6.07 Å². The molecule has 0 unspecified atom stereocenters. The Morgan fingerprint density at radius 3 is 2.32 bits per heavy atom. The van der Waals surface area contributed by atoms with Gasteiger partial charge in [0.05, 0.1) is 19.3 Å².